The van der Waals surface area contributed by atoms with Crippen molar-refractivity contribution in [2.24, 2.45) is 0 Å². The summed E-state index contributed by atoms with van der Waals surface area (Å²) in [6.45, 7) is 2.08. The average Bonchev–Trinajstić information content (AvgIpc) is 2.46. The van der Waals surface area contributed by atoms with Gasteiger partial charge in [-0.2, -0.15) is 0 Å². The Hall–Kier alpha value is -0.710. The van der Waals surface area contributed by atoms with E-state index in [0.29, 0.717) is 16.5 Å². The van der Waals surface area contributed by atoms with Gasteiger partial charge in [-0.3, -0.25) is 0 Å². The number of hydrogen-bond donors (Lipinski definition) is 0. The highest BCUT2D eigenvalue weighted by Crippen LogP contribution is 2.44. The van der Waals surface area contributed by atoms with Gasteiger partial charge in [0.15, 0.2) is 0 Å². The summed E-state index contributed by atoms with van der Waals surface area (Å²) in [6, 6.07) is 10.00. The molecule has 0 aliphatic carbocycles. The fourth-order valence-corrected chi connectivity index (χ4v) is 3.88. The van der Waals surface area contributed by atoms with E-state index in [9.17, 15) is 0 Å². The molecule has 0 N–H and O–H groups in total. The molecular weight excluding hydrogens is 419 g/mol. The molecule has 0 heterocycles. The summed E-state index contributed by atoms with van der Waals surface area (Å²) in [5, 5.41) is 0.483. The molecule has 0 aliphatic rings. The second-order valence-electron chi connectivity index (χ2n) is 4.57. The highest BCUT2D eigenvalue weighted by atomic mass is 79.9. The van der Waals surface area contributed by atoms with E-state index >= 15 is 0 Å². The third-order valence-corrected chi connectivity index (χ3v) is 5.13. The van der Waals surface area contributed by atoms with Gasteiger partial charge in [-0.25, -0.2) is 0 Å². The van der Waals surface area contributed by atoms with Gasteiger partial charge in [-0.05, 0) is 36.2 Å². The molecular formula is C16H15Br2ClO2. The van der Waals surface area contributed by atoms with Crippen LogP contribution in [0.25, 0.3) is 0 Å². The van der Waals surface area contributed by atoms with Crippen LogP contribution in [-0.4, -0.2) is 14.2 Å². The summed E-state index contributed by atoms with van der Waals surface area (Å²) in [4.78, 5) is -0.0102. The minimum atomic E-state index is -0.0102. The Balaban J connectivity index is 2.52. The van der Waals surface area contributed by atoms with Crippen molar-refractivity contribution in [2.75, 3.05) is 14.2 Å². The number of rotatable bonds is 4. The van der Waals surface area contributed by atoms with Crippen molar-refractivity contribution in [1.82, 2.24) is 0 Å². The molecule has 0 saturated heterocycles. The van der Waals surface area contributed by atoms with Crippen molar-refractivity contribution in [1.29, 1.82) is 0 Å². The molecule has 0 saturated carbocycles. The summed E-state index contributed by atoms with van der Waals surface area (Å²) >= 11 is 13.6. The first-order valence-electron chi connectivity index (χ1n) is 6.30. The van der Waals surface area contributed by atoms with Crippen LogP contribution in [0.1, 0.15) is 21.5 Å². The minimum absolute atomic E-state index is 0.0102. The smallest absolute Gasteiger partial charge is 0.145 e. The lowest BCUT2D eigenvalue weighted by Crippen LogP contribution is -2.01. The van der Waals surface area contributed by atoms with Gasteiger partial charge in [-0.15, -0.1) is 0 Å². The van der Waals surface area contributed by atoms with Crippen LogP contribution in [0, 0.1) is 6.92 Å². The van der Waals surface area contributed by atoms with Crippen LogP contribution >= 0.6 is 43.5 Å². The van der Waals surface area contributed by atoms with Crippen LogP contribution in [-0.2, 0) is 0 Å². The predicted octanol–water partition coefficient (Wildman–Crippen LogP) is 5.91. The average molecular weight is 435 g/mol. The molecule has 2 rings (SSSR count). The molecule has 0 aliphatic heterocycles. The molecule has 0 spiro atoms. The summed E-state index contributed by atoms with van der Waals surface area (Å²) in [7, 11) is 3.20. The molecule has 1 unspecified atom stereocenters. The largest absolute Gasteiger partial charge is 0.495 e. The van der Waals surface area contributed by atoms with Gasteiger partial charge in [-0.1, -0.05) is 55.6 Å². The first kappa shape index (κ1) is 16.7. The number of ether oxygens (including phenoxy) is 2. The minimum Gasteiger partial charge on any atom is -0.495 e. The SMILES string of the molecule is COc1ccc(C(Br)c2ccc(Br)cc2C)c(OC)c1Cl. The van der Waals surface area contributed by atoms with Gasteiger partial charge in [0.05, 0.1) is 19.0 Å². The monoisotopic (exact) mass is 432 g/mol. The maximum absolute atomic E-state index is 6.33. The standard InChI is InChI=1S/C16H15Br2ClO2/c1-9-8-10(17)4-5-11(9)14(18)12-6-7-13(20-2)15(19)16(12)21-3/h4-8,14H,1-3H3. The predicted molar refractivity (Wildman–Crippen MR) is 94.2 cm³/mol. The normalized spacial score (nSPS) is 12.1. The zero-order valence-electron chi connectivity index (χ0n) is 11.9. The highest BCUT2D eigenvalue weighted by molar-refractivity contribution is 9.10. The van der Waals surface area contributed by atoms with Gasteiger partial charge in [0, 0.05) is 10.0 Å². The van der Waals surface area contributed by atoms with Crippen molar-refractivity contribution in [3.8, 4) is 11.5 Å². The number of benzene rings is 2. The van der Waals surface area contributed by atoms with Crippen LogP contribution in [0.4, 0.5) is 0 Å². The summed E-state index contributed by atoms with van der Waals surface area (Å²) in [5.41, 5.74) is 3.31. The van der Waals surface area contributed by atoms with E-state index in [0.717, 1.165) is 15.6 Å². The van der Waals surface area contributed by atoms with Crippen molar-refractivity contribution in [3.63, 3.8) is 0 Å². The van der Waals surface area contributed by atoms with E-state index < -0.39 is 0 Å². The van der Waals surface area contributed by atoms with E-state index in [4.69, 9.17) is 21.1 Å². The number of aryl methyl sites for hydroxylation is 1. The molecule has 0 fully saturated rings. The number of hydrogen-bond acceptors (Lipinski definition) is 2. The topological polar surface area (TPSA) is 18.5 Å². The second kappa shape index (κ2) is 7.03. The highest BCUT2D eigenvalue weighted by Gasteiger charge is 2.21. The Labute approximate surface area is 146 Å². The van der Waals surface area contributed by atoms with Crippen LogP contribution < -0.4 is 9.47 Å². The van der Waals surface area contributed by atoms with Gasteiger partial charge >= 0.3 is 0 Å². The fraction of sp³-hybridized carbons (Fsp3) is 0.250. The lowest BCUT2D eigenvalue weighted by Gasteiger charge is -2.19. The summed E-state index contributed by atoms with van der Waals surface area (Å²) in [6.07, 6.45) is 0. The molecule has 1 atom stereocenters. The lowest BCUT2D eigenvalue weighted by atomic mass is 9.99. The van der Waals surface area contributed by atoms with Gasteiger partial charge < -0.3 is 9.47 Å². The second-order valence-corrected chi connectivity index (χ2v) is 6.78. The number of halogens is 3. The quantitative estimate of drug-likeness (QED) is 0.557. The molecule has 2 aromatic carbocycles. The Morgan fingerprint density at radius 2 is 1.71 bits per heavy atom. The maximum atomic E-state index is 6.33. The summed E-state index contributed by atoms with van der Waals surface area (Å²) < 4.78 is 11.8. The molecule has 0 bridgehead atoms. The molecule has 5 heteroatoms. The van der Waals surface area contributed by atoms with Crippen LogP contribution in [0.3, 0.4) is 0 Å². The van der Waals surface area contributed by atoms with Crippen molar-refractivity contribution in [2.45, 2.75) is 11.8 Å². The van der Waals surface area contributed by atoms with E-state index in [1.165, 1.54) is 5.56 Å². The van der Waals surface area contributed by atoms with Gasteiger partial charge in [0.2, 0.25) is 0 Å². The third kappa shape index (κ3) is 3.38. The molecule has 21 heavy (non-hydrogen) atoms. The first-order valence-corrected chi connectivity index (χ1v) is 8.38. The maximum Gasteiger partial charge on any atom is 0.145 e. The van der Waals surface area contributed by atoms with Crippen molar-refractivity contribution < 1.29 is 9.47 Å². The molecule has 112 valence electrons. The fourth-order valence-electron chi connectivity index (χ4n) is 2.21. The molecule has 0 amide bonds. The molecule has 0 aromatic heterocycles. The van der Waals surface area contributed by atoms with Crippen molar-refractivity contribution in [3.05, 3.63) is 56.5 Å². The van der Waals surface area contributed by atoms with Crippen LogP contribution in [0.5, 0.6) is 11.5 Å². The number of alkyl halides is 1. The van der Waals surface area contributed by atoms with Crippen molar-refractivity contribution >= 4 is 43.5 Å². The third-order valence-electron chi connectivity index (χ3n) is 3.29. The molecule has 2 aromatic rings. The lowest BCUT2D eigenvalue weighted by molar-refractivity contribution is 0.392. The Kier molecular flexibility index (Phi) is 5.58. The number of methoxy groups -OCH3 is 2. The molecule has 2 nitrogen and oxygen atoms in total. The van der Waals surface area contributed by atoms with E-state index in [-0.39, 0.29) is 4.83 Å². The van der Waals surface area contributed by atoms with Crippen LogP contribution in [0.15, 0.2) is 34.8 Å². The molecule has 0 radical (unpaired) electrons. The first-order chi connectivity index (χ1) is 9.99. The van der Waals surface area contributed by atoms with E-state index in [1.54, 1.807) is 14.2 Å². The van der Waals surface area contributed by atoms with E-state index in [2.05, 4.69) is 50.9 Å². The Morgan fingerprint density at radius 1 is 1.05 bits per heavy atom. The zero-order valence-corrected chi connectivity index (χ0v) is 15.8. The van der Waals surface area contributed by atoms with E-state index in [1.807, 2.05) is 18.2 Å². The zero-order chi connectivity index (χ0) is 15.6. The Morgan fingerprint density at radius 3 is 2.29 bits per heavy atom. The Bertz CT molecular complexity index is 659. The van der Waals surface area contributed by atoms with Gasteiger partial charge in [0.25, 0.3) is 0 Å². The van der Waals surface area contributed by atoms with Gasteiger partial charge in [0.1, 0.15) is 16.5 Å². The summed E-state index contributed by atoms with van der Waals surface area (Å²) in [5.74, 6) is 1.23. The van der Waals surface area contributed by atoms with Crippen LogP contribution in [0.2, 0.25) is 5.02 Å².